The summed E-state index contributed by atoms with van der Waals surface area (Å²) in [4.78, 5) is 25.9. The van der Waals surface area contributed by atoms with Gasteiger partial charge in [-0.2, -0.15) is 38.2 Å². The molecule has 2 aliphatic heterocycles. The fraction of sp³-hybridized carbons (Fsp3) is 0.341. The van der Waals surface area contributed by atoms with Crippen molar-refractivity contribution in [2.24, 2.45) is 0 Å². The van der Waals surface area contributed by atoms with Crippen LogP contribution in [0.15, 0.2) is 113 Å². The van der Waals surface area contributed by atoms with Gasteiger partial charge in [0.15, 0.2) is 5.71 Å². The quantitative estimate of drug-likeness (QED) is 0.0255. The van der Waals surface area contributed by atoms with E-state index in [4.69, 9.17) is 4.74 Å². The second-order valence-electron chi connectivity index (χ2n) is 16.8. The van der Waals surface area contributed by atoms with Crippen molar-refractivity contribution >= 4 is 75.0 Å². The largest absolute Gasteiger partial charge is 0.460 e. The molecule has 1 amide bonds. The summed E-state index contributed by atoms with van der Waals surface area (Å²) in [5.41, 5.74) is 2.81. The zero-order valence-corrected chi connectivity index (χ0v) is 40.0. The number of nitrogens with zero attached hydrogens (tertiary/aromatic N) is 2. The van der Waals surface area contributed by atoms with Crippen LogP contribution in [0.4, 0.5) is 11.4 Å². The molecule has 2 aliphatic rings. The molecular weight excluding hydrogens is 939 g/mol. The van der Waals surface area contributed by atoms with Crippen LogP contribution in [0.25, 0.3) is 5.57 Å². The molecule has 0 aromatic heterocycles. The fourth-order valence-corrected chi connectivity index (χ4v) is 9.86. The lowest BCUT2D eigenvalue weighted by Gasteiger charge is -2.27. The first-order valence-electron chi connectivity index (χ1n) is 20.3. The predicted molar refractivity (Wildman–Crippen MR) is 248 cm³/mol. The number of ether oxygens (including phenoxy) is 1. The monoisotopic (exact) mass is 990 g/mol. The average molecular weight is 991 g/mol. The third-order valence-electron chi connectivity index (χ3n) is 11.2. The van der Waals surface area contributed by atoms with E-state index in [1.165, 1.54) is 43.3 Å². The van der Waals surface area contributed by atoms with Crippen molar-refractivity contribution in [1.82, 2.24) is 5.32 Å². The van der Waals surface area contributed by atoms with E-state index >= 15 is 0 Å². The minimum Gasteiger partial charge on any atom is -0.460 e. The number of carbonyl (C=O) groups excluding carboxylic acids is 2. The summed E-state index contributed by atoms with van der Waals surface area (Å²) in [7, 11) is -17.9. The van der Waals surface area contributed by atoms with Gasteiger partial charge in [0.05, 0.1) is 33.3 Å². The number of amides is 1. The highest BCUT2D eigenvalue weighted by Gasteiger charge is 2.45. The van der Waals surface area contributed by atoms with Gasteiger partial charge in [-0.15, -0.1) is 0 Å². The molecule has 0 saturated heterocycles. The minimum atomic E-state index is -4.62. The van der Waals surface area contributed by atoms with E-state index < -0.39 is 74.7 Å². The van der Waals surface area contributed by atoms with Gasteiger partial charge < -0.3 is 15.0 Å². The molecule has 3 aromatic rings. The Bertz CT molecular complexity index is 3040. The van der Waals surface area contributed by atoms with E-state index in [2.05, 4.69) is 11.9 Å². The molecule has 18 nitrogen and oxygen atoms in total. The third kappa shape index (κ3) is 12.4. The number of nitrogens with one attached hydrogen (secondary N) is 1. The van der Waals surface area contributed by atoms with Gasteiger partial charge in [0.1, 0.15) is 13.2 Å². The van der Waals surface area contributed by atoms with Crippen LogP contribution in [-0.2, 0) is 60.8 Å². The van der Waals surface area contributed by atoms with E-state index in [1.807, 2.05) is 27.7 Å². The zero-order chi connectivity index (χ0) is 49.2. The Labute approximate surface area is 385 Å². The van der Waals surface area contributed by atoms with Crippen molar-refractivity contribution in [2.45, 2.75) is 68.1 Å². The average Bonchev–Trinajstić information content (AvgIpc) is 3.55. The first-order valence-corrected chi connectivity index (χ1v) is 26.4. The summed E-state index contributed by atoms with van der Waals surface area (Å²) in [5.74, 6) is -2.20. The van der Waals surface area contributed by atoms with Crippen LogP contribution in [0.2, 0.25) is 0 Å². The van der Waals surface area contributed by atoms with Crippen LogP contribution in [0.1, 0.15) is 74.5 Å². The molecule has 0 spiro atoms. The number of allylic oxidation sites excluding steroid dienone is 6. The van der Waals surface area contributed by atoms with Crippen molar-refractivity contribution < 1.29 is 70.8 Å². The molecule has 0 radical (unpaired) electrons. The highest BCUT2D eigenvalue weighted by molar-refractivity contribution is 7.86. The van der Waals surface area contributed by atoms with Gasteiger partial charge in [-0.3, -0.25) is 23.0 Å². The Kier molecular flexibility index (Phi) is 15.2. The van der Waals surface area contributed by atoms with Gasteiger partial charge >= 0.3 is 5.97 Å². The standard InChI is InChI=1S/C44H51N3O15S4/c1-29(2)42(49)62-24-21-45-41(48)32-11-9-30(10-12-32)31(13-19-39-43(3,4)35-27-33(65(56,57)58)15-17-37(35)46(39)22-7-25-63(50,51)52)14-20-40-44(5,6)36-28-34(66(59,60)61)16-18-38(36)47(40)23-8-26-64(53,54)55/h9-20,27-28H,1,7-8,21-26H2,2-6H3,(H4-,45,48,50,51,52,53,54,55,56,57,58,59,60,61)/p+1. The Morgan fingerprint density at radius 3 is 1.91 bits per heavy atom. The van der Waals surface area contributed by atoms with Gasteiger partial charge in [0.2, 0.25) is 5.69 Å². The summed E-state index contributed by atoms with van der Waals surface area (Å²) in [6.45, 7) is 12.3. The second kappa shape index (κ2) is 19.5. The number of carbonyl (C=O) groups is 2. The number of hydrogen-bond donors (Lipinski definition) is 5. The third-order valence-corrected chi connectivity index (χ3v) is 14.5. The SMILES string of the molecule is C=C(C)C(=O)OCCNC(=O)c1ccc(C(=C\C=C2/N(CCCS(=O)(=O)O)c3ccc(S(=O)(=O)O)cc3C2(C)C)/C=C/C2=[N+](CCCS(=O)(=O)O)c3ccc(S(=O)(=O)O)cc3C2(C)C)cc1. The summed E-state index contributed by atoms with van der Waals surface area (Å²) in [5, 5.41) is 2.68. The summed E-state index contributed by atoms with van der Waals surface area (Å²) < 4.78 is 141. The van der Waals surface area contributed by atoms with Gasteiger partial charge in [-0.05, 0) is 98.5 Å². The number of hydrogen-bond acceptors (Lipinski definition) is 12. The van der Waals surface area contributed by atoms with E-state index in [0.29, 0.717) is 45.0 Å². The van der Waals surface area contributed by atoms with Gasteiger partial charge in [0.25, 0.3) is 46.4 Å². The molecule has 5 N–H and O–H groups in total. The topological polar surface area (TPSA) is 279 Å². The zero-order valence-electron chi connectivity index (χ0n) is 36.8. The molecule has 22 heteroatoms. The van der Waals surface area contributed by atoms with Crippen LogP contribution in [-0.4, -0.2) is 112 Å². The summed E-state index contributed by atoms with van der Waals surface area (Å²) in [6.07, 6.45) is 6.91. The van der Waals surface area contributed by atoms with E-state index in [0.717, 1.165) is 0 Å². The fourth-order valence-electron chi connectivity index (χ4n) is 7.86. The smallest absolute Gasteiger partial charge is 0.333 e. The molecule has 0 atom stereocenters. The van der Waals surface area contributed by atoms with Gasteiger partial charge in [0, 0.05) is 58.6 Å². The van der Waals surface area contributed by atoms with E-state index in [1.54, 1.807) is 58.0 Å². The first kappa shape index (κ1) is 51.7. The van der Waals surface area contributed by atoms with Crippen molar-refractivity contribution in [2.75, 3.05) is 42.6 Å². The number of anilines is 1. The van der Waals surface area contributed by atoms with Crippen molar-refractivity contribution in [3.63, 3.8) is 0 Å². The van der Waals surface area contributed by atoms with Gasteiger partial charge in [-0.1, -0.05) is 38.6 Å². The molecule has 2 heterocycles. The Hall–Kier alpha value is -5.33. The van der Waals surface area contributed by atoms with Crippen LogP contribution in [0.5, 0.6) is 0 Å². The molecular formula is C44H52N3O15S4+. The van der Waals surface area contributed by atoms with Crippen LogP contribution >= 0.6 is 0 Å². The maximum absolute atomic E-state index is 13.1. The van der Waals surface area contributed by atoms with Gasteiger partial charge in [-0.25, -0.2) is 4.79 Å². The molecule has 0 fully saturated rings. The van der Waals surface area contributed by atoms with E-state index in [-0.39, 0.29) is 60.0 Å². The molecule has 0 saturated carbocycles. The maximum atomic E-state index is 13.1. The highest BCUT2D eigenvalue weighted by Crippen LogP contribution is 2.49. The van der Waals surface area contributed by atoms with Crippen LogP contribution in [0.3, 0.4) is 0 Å². The molecule has 66 heavy (non-hydrogen) atoms. The lowest BCUT2D eigenvalue weighted by Crippen LogP contribution is -2.28. The highest BCUT2D eigenvalue weighted by atomic mass is 32.2. The lowest BCUT2D eigenvalue weighted by molar-refractivity contribution is -0.437. The minimum absolute atomic E-state index is 0.0228. The summed E-state index contributed by atoms with van der Waals surface area (Å²) >= 11 is 0. The van der Waals surface area contributed by atoms with E-state index in [9.17, 15) is 61.5 Å². The van der Waals surface area contributed by atoms with Crippen molar-refractivity contribution in [3.05, 3.63) is 125 Å². The molecule has 0 unspecified atom stereocenters. The number of rotatable bonds is 19. The summed E-state index contributed by atoms with van der Waals surface area (Å²) in [6, 6.07) is 14.6. The molecule has 0 bridgehead atoms. The van der Waals surface area contributed by atoms with Crippen molar-refractivity contribution in [1.29, 1.82) is 0 Å². The molecule has 0 aliphatic carbocycles. The number of esters is 1. The number of benzene rings is 3. The maximum Gasteiger partial charge on any atom is 0.333 e. The second-order valence-corrected chi connectivity index (χ2v) is 22.8. The number of fused-ring (bicyclic) bond motifs is 2. The van der Waals surface area contributed by atoms with Crippen LogP contribution < -0.4 is 10.2 Å². The Morgan fingerprint density at radius 2 is 1.33 bits per heavy atom. The lowest BCUT2D eigenvalue weighted by atomic mass is 9.81. The predicted octanol–water partition coefficient (Wildman–Crippen LogP) is 5.28. The Morgan fingerprint density at radius 1 is 0.773 bits per heavy atom. The van der Waals surface area contributed by atoms with Crippen LogP contribution in [0, 0.1) is 0 Å². The molecule has 5 rings (SSSR count). The Balaban J connectivity index is 1.66. The normalized spacial score (nSPS) is 16.7. The molecule has 3 aromatic carbocycles. The van der Waals surface area contributed by atoms with Crippen molar-refractivity contribution in [3.8, 4) is 0 Å². The molecule has 356 valence electrons. The first-order chi connectivity index (χ1) is 30.4.